The maximum absolute atomic E-state index is 12.7. The van der Waals surface area contributed by atoms with Crippen LogP contribution in [0.1, 0.15) is 61.9 Å². The zero-order valence-electron chi connectivity index (χ0n) is 17.9. The first kappa shape index (κ1) is 21.8. The zero-order valence-corrected chi connectivity index (χ0v) is 17.9. The summed E-state index contributed by atoms with van der Waals surface area (Å²) in [5.74, 6) is -0.437. The number of ether oxygens (including phenoxy) is 2. The second-order valence-electron chi connectivity index (χ2n) is 8.42. The molecule has 1 unspecified atom stereocenters. The van der Waals surface area contributed by atoms with Gasteiger partial charge in [-0.05, 0) is 60.6 Å². The van der Waals surface area contributed by atoms with Gasteiger partial charge < -0.3 is 19.9 Å². The molecular weight excluding hydrogens is 382 g/mol. The van der Waals surface area contributed by atoms with Gasteiger partial charge in [0.05, 0.1) is 0 Å². The number of carbonyl (C=O) groups excluding carboxylic acids is 1. The van der Waals surface area contributed by atoms with Crippen molar-refractivity contribution in [2.45, 2.75) is 58.3 Å². The van der Waals surface area contributed by atoms with Crippen LogP contribution in [0, 0.1) is 0 Å². The highest BCUT2D eigenvalue weighted by atomic mass is 16.5. The lowest BCUT2D eigenvalue weighted by atomic mass is 9.94. The van der Waals surface area contributed by atoms with E-state index in [0.717, 1.165) is 23.1 Å². The number of hydrogen-bond donors (Lipinski definition) is 2. The fourth-order valence-corrected chi connectivity index (χ4v) is 3.39. The van der Waals surface area contributed by atoms with E-state index >= 15 is 0 Å². The van der Waals surface area contributed by atoms with Crippen molar-refractivity contribution in [3.63, 3.8) is 0 Å². The molecule has 3 rings (SSSR count). The Hall–Kier alpha value is -2.86. The highest BCUT2D eigenvalue weighted by Gasteiger charge is 2.31. The topological polar surface area (TPSA) is 84.9 Å². The van der Waals surface area contributed by atoms with E-state index in [4.69, 9.17) is 9.47 Å². The van der Waals surface area contributed by atoms with Gasteiger partial charge in [-0.25, -0.2) is 9.59 Å². The van der Waals surface area contributed by atoms with Crippen molar-refractivity contribution in [3.8, 4) is 5.75 Å². The van der Waals surface area contributed by atoms with Crippen molar-refractivity contribution in [3.05, 3.63) is 64.7 Å². The van der Waals surface area contributed by atoms with Crippen LogP contribution >= 0.6 is 0 Å². The number of aliphatic carboxylic acids is 1. The number of benzene rings is 2. The van der Waals surface area contributed by atoms with Gasteiger partial charge in [0, 0.05) is 6.54 Å². The van der Waals surface area contributed by atoms with Crippen molar-refractivity contribution in [2.75, 3.05) is 6.54 Å². The average molecular weight is 411 g/mol. The van der Waals surface area contributed by atoms with E-state index < -0.39 is 17.6 Å². The predicted octanol–water partition coefficient (Wildman–Crippen LogP) is 3.98. The third-order valence-electron chi connectivity index (χ3n) is 5.32. The molecule has 30 heavy (non-hydrogen) atoms. The van der Waals surface area contributed by atoms with E-state index in [0.29, 0.717) is 18.2 Å². The van der Waals surface area contributed by atoms with Gasteiger partial charge in [0.15, 0.2) is 5.60 Å². The van der Waals surface area contributed by atoms with E-state index in [-0.39, 0.29) is 12.6 Å². The van der Waals surface area contributed by atoms with Crippen molar-refractivity contribution in [2.24, 2.45) is 0 Å². The molecule has 6 heteroatoms. The molecule has 2 N–H and O–H groups in total. The summed E-state index contributed by atoms with van der Waals surface area (Å²) in [4.78, 5) is 24.0. The third-order valence-corrected chi connectivity index (χ3v) is 5.32. The summed E-state index contributed by atoms with van der Waals surface area (Å²) < 4.78 is 11.2. The molecule has 0 radical (unpaired) electrons. The Morgan fingerprint density at radius 3 is 2.50 bits per heavy atom. The maximum atomic E-state index is 12.7. The van der Waals surface area contributed by atoms with Crippen LogP contribution in [0.5, 0.6) is 5.75 Å². The number of hydrogen-bond acceptors (Lipinski definition) is 5. The van der Waals surface area contributed by atoms with E-state index in [9.17, 15) is 14.7 Å². The van der Waals surface area contributed by atoms with Crippen LogP contribution in [0.3, 0.4) is 0 Å². The molecule has 1 atom stereocenters. The van der Waals surface area contributed by atoms with Gasteiger partial charge in [-0.1, -0.05) is 44.2 Å². The minimum Gasteiger partial charge on any atom is -0.478 e. The molecule has 0 aliphatic carbocycles. The fraction of sp³-hybridized carbons (Fsp3) is 0.417. The Morgan fingerprint density at radius 2 is 1.87 bits per heavy atom. The Balaban J connectivity index is 1.68. The molecule has 0 fully saturated rings. The predicted molar refractivity (Wildman–Crippen MR) is 114 cm³/mol. The lowest BCUT2D eigenvalue weighted by molar-refractivity contribution is -0.152. The molecule has 0 aromatic heterocycles. The Bertz CT molecular complexity index is 918. The van der Waals surface area contributed by atoms with Gasteiger partial charge in [-0.3, -0.25) is 0 Å². The maximum Gasteiger partial charge on any atom is 0.347 e. The molecule has 0 saturated heterocycles. The summed E-state index contributed by atoms with van der Waals surface area (Å²) in [7, 11) is 0. The minimum atomic E-state index is -1.33. The van der Waals surface area contributed by atoms with Gasteiger partial charge >= 0.3 is 11.9 Å². The molecule has 6 nitrogen and oxygen atoms in total. The molecule has 2 aromatic rings. The molecule has 0 saturated carbocycles. The van der Waals surface area contributed by atoms with Gasteiger partial charge in [-0.2, -0.15) is 0 Å². The molecule has 0 spiro atoms. The van der Waals surface area contributed by atoms with Crippen LogP contribution in [0.25, 0.3) is 0 Å². The number of carboxylic acids is 1. The SMILES string of the molecule is CC(C)c1ccc(COC(=O)C2NCCc3cc(OC(C)(C)C(=O)O)ccc32)cc1. The molecule has 1 heterocycles. The zero-order chi connectivity index (χ0) is 21.9. The van der Waals surface area contributed by atoms with Crippen LogP contribution in [0.4, 0.5) is 0 Å². The molecule has 160 valence electrons. The Morgan fingerprint density at radius 1 is 1.17 bits per heavy atom. The lowest BCUT2D eigenvalue weighted by Crippen LogP contribution is -2.38. The van der Waals surface area contributed by atoms with Gasteiger partial charge in [0.2, 0.25) is 0 Å². The van der Waals surface area contributed by atoms with E-state index in [1.165, 1.54) is 19.4 Å². The number of esters is 1. The first-order valence-electron chi connectivity index (χ1n) is 10.2. The van der Waals surface area contributed by atoms with Crippen LogP contribution in [0.2, 0.25) is 0 Å². The summed E-state index contributed by atoms with van der Waals surface area (Å²) in [6.07, 6.45) is 0.723. The van der Waals surface area contributed by atoms with Crippen molar-refractivity contribution < 1.29 is 24.2 Å². The molecular formula is C24H29NO5. The number of carbonyl (C=O) groups is 2. The Labute approximate surface area is 177 Å². The van der Waals surface area contributed by atoms with Crippen LogP contribution < -0.4 is 10.1 Å². The normalized spacial score (nSPS) is 16.1. The number of fused-ring (bicyclic) bond motifs is 1. The van der Waals surface area contributed by atoms with Gasteiger partial charge in [-0.15, -0.1) is 0 Å². The number of nitrogens with one attached hydrogen (secondary N) is 1. The van der Waals surface area contributed by atoms with E-state index in [1.54, 1.807) is 12.1 Å². The molecule has 1 aliphatic rings. The number of carboxylic acid groups (broad SMARTS) is 1. The highest BCUT2D eigenvalue weighted by Crippen LogP contribution is 2.29. The molecule has 0 bridgehead atoms. The fourth-order valence-electron chi connectivity index (χ4n) is 3.39. The standard InChI is InChI=1S/C24H29NO5/c1-15(2)17-7-5-16(6-8-17)14-29-22(26)21-20-10-9-19(13-18(20)11-12-25-21)30-24(3,4)23(27)28/h5-10,13,15,21,25H,11-12,14H2,1-4H3,(H,27,28). The minimum absolute atomic E-state index is 0.221. The Kier molecular flexibility index (Phi) is 6.46. The third kappa shape index (κ3) is 5.00. The van der Waals surface area contributed by atoms with Crippen LogP contribution in [-0.2, 0) is 27.4 Å². The molecule has 1 aliphatic heterocycles. The van der Waals surface area contributed by atoms with Crippen molar-refractivity contribution in [1.82, 2.24) is 5.32 Å². The summed E-state index contributed by atoms with van der Waals surface area (Å²) >= 11 is 0. The van der Waals surface area contributed by atoms with Crippen molar-refractivity contribution in [1.29, 1.82) is 0 Å². The first-order chi connectivity index (χ1) is 14.2. The lowest BCUT2D eigenvalue weighted by Gasteiger charge is -2.27. The summed E-state index contributed by atoms with van der Waals surface area (Å²) in [6.45, 7) is 8.13. The summed E-state index contributed by atoms with van der Waals surface area (Å²) in [5, 5.41) is 12.5. The van der Waals surface area contributed by atoms with Crippen LogP contribution in [-0.4, -0.2) is 29.2 Å². The second kappa shape index (κ2) is 8.88. The smallest absolute Gasteiger partial charge is 0.347 e. The summed E-state index contributed by atoms with van der Waals surface area (Å²) in [6, 6.07) is 12.8. The molecule has 0 amide bonds. The van der Waals surface area contributed by atoms with E-state index in [2.05, 4.69) is 31.3 Å². The average Bonchev–Trinajstić information content (AvgIpc) is 2.71. The largest absolute Gasteiger partial charge is 0.478 e. The van der Waals surface area contributed by atoms with Crippen LogP contribution in [0.15, 0.2) is 42.5 Å². The van der Waals surface area contributed by atoms with E-state index in [1.807, 2.05) is 18.2 Å². The molecule has 2 aromatic carbocycles. The van der Waals surface area contributed by atoms with Gasteiger partial charge in [0.1, 0.15) is 18.4 Å². The summed E-state index contributed by atoms with van der Waals surface area (Å²) in [5.41, 5.74) is 2.66. The quantitative estimate of drug-likeness (QED) is 0.671. The number of rotatable bonds is 7. The monoisotopic (exact) mass is 411 g/mol. The second-order valence-corrected chi connectivity index (χ2v) is 8.42. The van der Waals surface area contributed by atoms with Gasteiger partial charge in [0.25, 0.3) is 0 Å². The first-order valence-corrected chi connectivity index (χ1v) is 10.2. The highest BCUT2D eigenvalue weighted by molar-refractivity contribution is 5.79. The van der Waals surface area contributed by atoms with Crippen molar-refractivity contribution >= 4 is 11.9 Å².